The maximum absolute atomic E-state index is 6.79. The minimum atomic E-state index is -0.0298. The molecule has 0 fully saturated rings. The Labute approximate surface area is 231 Å². The Kier molecular flexibility index (Phi) is 7.16. The van der Waals surface area contributed by atoms with Crippen LogP contribution < -0.4 is 9.75 Å². The molecule has 0 saturated carbocycles. The van der Waals surface area contributed by atoms with Gasteiger partial charge in [-0.1, -0.05) is 116 Å². The van der Waals surface area contributed by atoms with Crippen molar-refractivity contribution in [2.75, 3.05) is 18.8 Å². The molecule has 0 aromatic heterocycles. The van der Waals surface area contributed by atoms with Crippen molar-refractivity contribution in [2.24, 2.45) is 0 Å². The summed E-state index contributed by atoms with van der Waals surface area (Å²) in [6.07, 6.45) is 1.91. The van der Waals surface area contributed by atoms with Crippen LogP contribution >= 0.6 is 0 Å². The molecule has 0 saturated heterocycles. The second-order valence-corrected chi connectivity index (χ2v) is 10.1. The molecule has 5 aromatic carbocycles. The lowest BCUT2D eigenvalue weighted by Crippen LogP contribution is -2.45. The van der Waals surface area contributed by atoms with E-state index in [1.54, 1.807) is 0 Å². The second kappa shape index (κ2) is 11.2. The zero-order valence-corrected chi connectivity index (χ0v) is 22.6. The van der Waals surface area contributed by atoms with Crippen LogP contribution in [-0.2, 0) is 12.8 Å². The number of fused-ring (bicyclic) bond motifs is 3. The first-order chi connectivity index (χ1) is 19.2. The molecule has 0 heterocycles. The third-order valence-electron chi connectivity index (χ3n) is 7.79. The minimum Gasteiger partial charge on any atom is -0.476 e. The number of para-hydroxylation sites is 1. The molecule has 3 heteroatoms. The fourth-order valence-corrected chi connectivity index (χ4v) is 5.80. The van der Waals surface area contributed by atoms with Gasteiger partial charge in [0, 0.05) is 19.0 Å². The van der Waals surface area contributed by atoms with Crippen LogP contribution in [0.25, 0.3) is 11.1 Å². The van der Waals surface area contributed by atoms with Gasteiger partial charge >= 0.3 is 0 Å². The summed E-state index contributed by atoms with van der Waals surface area (Å²) in [6.45, 7) is 2.63. The van der Waals surface area contributed by atoms with Crippen LogP contribution in [0.5, 0.6) is 5.75 Å². The third-order valence-corrected chi connectivity index (χ3v) is 7.79. The van der Waals surface area contributed by atoms with Gasteiger partial charge in [-0.05, 0) is 58.0 Å². The topological polar surface area (TPSA) is 15.7 Å². The van der Waals surface area contributed by atoms with Gasteiger partial charge < -0.3 is 9.75 Å². The number of hydrogen-bond donors (Lipinski definition) is 0. The van der Waals surface area contributed by atoms with Crippen molar-refractivity contribution < 1.29 is 4.74 Å². The fraction of sp³-hybridized carbons (Fsp3) is 0.167. The SMILES string of the molecule is CCc1ccc(OCN(C(c2ccccc2)c2ccccc2)N(C)c2ccccc2)c2c1-c1ccccc1C2. The van der Waals surface area contributed by atoms with E-state index in [9.17, 15) is 0 Å². The smallest absolute Gasteiger partial charge is 0.159 e. The average Bonchev–Trinajstić information content (AvgIpc) is 3.40. The lowest BCUT2D eigenvalue weighted by Gasteiger charge is -2.39. The minimum absolute atomic E-state index is 0.0298. The first-order valence-electron chi connectivity index (χ1n) is 13.8. The Morgan fingerprint density at radius 3 is 1.92 bits per heavy atom. The fourth-order valence-electron chi connectivity index (χ4n) is 5.80. The van der Waals surface area contributed by atoms with Crippen molar-refractivity contribution in [3.05, 3.63) is 155 Å². The van der Waals surface area contributed by atoms with Crippen molar-refractivity contribution in [2.45, 2.75) is 25.8 Å². The molecule has 0 radical (unpaired) electrons. The van der Waals surface area contributed by atoms with Crippen LogP contribution in [-0.4, -0.2) is 18.8 Å². The summed E-state index contributed by atoms with van der Waals surface area (Å²) in [7, 11) is 2.12. The van der Waals surface area contributed by atoms with Crippen molar-refractivity contribution in [3.63, 3.8) is 0 Å². The molecular formula is C36H34N2O. The van der Waals surface area contributed by atoms with Gasteiger partial charge in [0.2, 0.25) is 0 Å². The summed E-state index contributed by atoms with van der Waals surface area (Å²) in [5.74, 6) is 0.963. The summed E-state index contributed by atoms with van der Waals surface area (Å²) < 4.78 is 6.79. The molecule has 0 unspecified atom stereocenters. The molecule has 5 aromatic rings. The number of anilines is 1. The van der Waals surface area contributed by atoms with Crippen LogP contribution in [0.15, 0.2) is 127 Å². The van der Waals surface area contributed by atoms with Crippen molar-refractivity contribution in [3.8, 4) is 16.9 Å². The van der Waals surface area contributed by atoms with E-state index < -0.39 is 0 Å². The van der Waals surface area contributed by atoms with E-state index in [2.05, 4.69) is 151 Å². The van der Waals surface area contributed by atoms with Crippen LogP contribution in [0.2, 0.25) is 0 Å². The molecule has 1 aliphatic rings. The largest absolute Gasteiger partial charge is 0.476 e. The highest BCUT2D eigenvalue weighted by Crippen LogP contribution is 2.44. The quantitative estimate of drug-likeness (QED) is 0.144. The molecule has 0 atom stereocenters. The van der Waals surface area contributed by atoms with Gasteiger partial charge in [0.15, 0.2) is 6.73 Å². The monoisotopic (exact) mass is 510 g/mol. The molecule has 0 amide bonds. The molecule has 0 aliphatic heterocycles. The molecule has 39 heavy (non-hydrogen) atoms. The molecular weight excluding hydrogens is 476 g/mol. The predicted octanol–water partition coefficient (Wildman–Crippen LogP) is 8.30. The highest BCUT2D eigenvalue weighted by atomic mass is 16.5. The van der Waals surface area contributed by atoms with E-state index in [4.69, 9.17) is 4.74 Å². The van der Waals surface area contributed by atoms with Gasteiger partial charge in [-0.15, -0.1) is 0 Å². The molecule has 6 rings (SSSR count). The molecule has 0 bridgehead atoms. The van der Waals surface area contributed by atoms with Crippen molar-refractivity contribution in [1.29, 1.82) is 0 Å². The van der Waals surface area contributed by atoms with Crippen molar-refractivity contribution in [1.82, 2.24) is 5.01 Å². The normalized spacial score (nSPS) is 11.9. The Hall–Kier alpha value is -4.34. The highest BCUT2D eigenvalue weighted by Gasteiger charge is 2.29. The Morgan fingerprint density at radius 2 is 1.28 bits per heavy atom. The molecule has 1 aliphatic carbocycles. The first kappa shape index (κ1) is 25.0. The number of aryl methyl sites for hydroxylation is 1. The van der Waals surface area contributed by atoms with E-state index in [0.29, 0.717) is 6.73 Å². The van der Waals surface area contributed by atoms with Crippen LogP contribution in [0, 0.1) is 0 Å². The van der Waals surface area contributed by atoms with Gasteiger partial charge in [-0.25, -0.2) is 0 Å². The number of hydrogen-bond acceptors (Lipinski definition) is 3. The van der Waals surface area contributed by atoms with E-state index in [0.717, 1.165) is 24.3 Å². The summed E-state index contributed by atoms with van der Waals surface area (Å²) in [6, 6.07) is 45.1. The Morgan fingerprint density at radius 1 is 0.692 bits per heavy atom. The summed E-state index contributed by atoms with van der Waals surface area (Å²) >= 11 is 0. The van der Waals surface area contributed by atoms with Crippen LogP contribution in [0.1, 0.15) is 40.8 Å². The number of ether oxygens (including phenoxy) is 1. The molecule has 0 N–H and O–H groups in total. The van der Waals surface area contributed by atoms with E-state index in [1.165, 1.54) is 38.9 Å². The lowest BCUT2D eigenvalue weighted by atomic mass is 9.97. The average molecular weight is 511 g/mol. The second-order valence-electron chi connectivity index (χ2n) is 10.1. The van der Waals surface area contributed by atoms with Crippen LogP contribution in [0.3, 0.4) is 0 Å². The lowest BCUT2D eigenvalue weighted by molar-refractivity contribution is 0.0911. The third kappa shape index (κ3) is 4.94. The van der Waals surface area contributed by atoms with E-state index in [-0.39, 0.29) is 6.04 Å². The number of benzene rings is 5. The number of nitrogens with zero attached hydrogens (tertiary/aromatic N) is 2. The van der Waals surface area contributed by atoms with Gasteiger partial charge in [-0.2, -0.15) is 5.01 Å². The maximum Gasteiger partial charge on any atom is 0.159 e. The highest BCUT2D eigenvalue weighted by molar-refractivity contribution is 5.81. The Bertz CT molecular complexity index is 1490. The summed E-state index contributed by atoms with van der Waals surface area (Å²) in [4.78, 5) is 0. The van der Waals surface area contributed by atoms with Crippen molar-refractivity contribution >= 4 is 5.69 Å². The molecule has 3 nitrogen and oxygen atoms in total. The number of hydrazine groups is 1. The Balaban J connectivity index is 1.41. The summed E-state index contributed by atoms with van der Waals surface area (Å²) in [5, 5.41) is 4.54. The van der Waals surface area contributed by atoms with Gasteiger partial charge in [-0.3, -0.25) is 0 Å². The van der Waals surface area contributed by atoms with E-state index >= 15 is 0 Å². The standard InChI is InChI=1S/C36H34N2O/c1-3-27-23-24-34(33-25-30-19-13-14-22-32(30)35(27)33)39-26-38(37(2)31-20-11-6-12-21-31)36(28-15-7-4-8-16-28)29-17-9-5-10-18-29/h4-24,36H,3,25-26H2,1-2H3. The first-order valence-corrected chi connectivity index (χ1v) is 13.8. The molecule has 194 valence electrons. The predicted molar refractivity (Wildman–Crippen MR) is 161 cm³/mol. The molecule has 0 spiro atoms. The maximum atomic E-state index is 6.79. The zero-order valence-electron chi connectivity index (χ0n) is 22.6. The number of rotatable bonds is 9. The van der Waals surface area contributed by atoms with Gasteiger partial charge in [0.25, 0.3) is 0 Å². The summed E-state index contributed by atoms with van der Waals surface area (Å²) in [5.41, 5.74) is 10.3. The van der Waals surface area contributed by atoms with Gasteiger partial charge in [0.05, 0.1) is 11.7 Å². The zero-order chi connectivity index (χ0) is 26.6. The van der Waals surface area contributed by atoms with Crippen LogP contribution in [0.4, 0.5) is 5.69 Å². The van der Waals surface area contributed by atoms with Gasteiger partial charge in [0.1, 0.15) is 5.75 Å². The van der Waals surface area contributed by atoms with E-state index in [1.807, 2.05) is 0 Å².